The van der Waals surface area contributed by atoms with Crippen LogP contribution < -0.4 is 4.72 Å². The quantitative estimate of drug-likeness (QED) is 0.784. The first-order chi connectivity index (χ1) is 8.06. The average molecular weight is 391 g/mol. The Kier molecular flexibility index (Phi) is 5.04. The lowest BCUT2D eigenvalue weighted by molar-refractivity contribution is -0.122. The molecule has 0 saturated heterocycles. The molecule has 1 N–H and O–H groups in total. The third-order valence-electron chi connectivity index (χ3n) is 1.70. The number of hydrogen-bond acceptors (Lipinski definition) is 3. The molecule has 0 aliphatic carbocycles. The van der Waals surface area contributed by atoms with Crippen LogP contribution >= 0.6 is 38.9 Å². The molecule has 0 unspecified atom stereocenters. The number of alkyl halides is 4. The fourth-order valence-corrected chi connectivity index (χ4v) is 4.29. The van der Waals surface area contributed by atoms with Gasteiger partial charge in [0.2, 0.25) is 10.0 Å². The van der Waals surface area contributed by atoms with E-state index in [2.05, 4.69) is 15.9 Å². The SMILES string of the molecule is O=S(=O)(NCC(F)(F)C(F)F)c1cc(Cl)c(Br)s1. The lowest BCUT2D eigenvalue weighted by Crippen LogP contribution is -2.41. The third-order valence-corrected chi connectivity index (χ3v) is 6.05. The van der Waals surface area contributed by atoms with Gasteiger partial charge >= 0.3 is 12.3 Å². The summed E-state index contributed by atoms with van der Waals surface area (Å²) in [6, 6.07) is 1.03. The minimum absolute atomic E-state index is 0.0843. The normalized spacial score (nSPS) is 13.3. The fraction of sp³-hybridized carbons (Fsp3) is 0.429. The van der Waals surface area contributed by atoms with Gasteiger partial charge in [-0.1, -0.05) is 11.6 Å². The molecule has 1 rings (SSSR count). The van der Waals surface area contributed by atoms with Gasteiger partial charge in [0.25, 0.3) is 0 Å². The highest BCUT2D eigenvalue weighted by Gasteiger charge is 2.41. The van der Waals surface area contributed by atoms with Crippen molar-refractivity contribution in [2.45, 2.75) is 16.6 Å². The molecule has 0 aliphatic rings. The van der Waals surface area contributed by atoms with Gasteiger partial charge in [0.15, 0.2) is 0 Å². The molecular formula is C7H5BrClF4NO2S2. The number of hydrogen-bond donors (Lipinski definition) is 1. The molecule has 18 heavy (non-hydrogen) atoms. The van der Waals surface area contributed by atoms with E-state index >= 15 is 0 Å². The summed E-state index contributed by atoms with van der Waals surface area (Å²) in [5.41, 5.74) is 0. The van der Waals surface area contributed by atoms with Gasteiger partial charge in [-0.05, 0) is 22.0 Å². The van der Waals surface area contributed by atoms with Crippen molar-refractivity contribution in [2.75, 3.05) is 6.54 Å². The van der Waals surface area contributed by atoms with Crippen LogP contribution in [-0.2, 0) is 10.0 Å². The zero-order chi connectivity index (χ0) is 14.1. The summed E-state index contributed by atoms with van der Waals surface area (Å²) in [6.45, 7) is -1.68. The Hall–Kier alpha value is 0.1000. The minimum Gasteiger partial charge on any atom is -0.206 e. The van der Waals surface area contributed by atoms with Crippen LogP contribution in [0, 0.1) is 0 Å². The molecule has 0 radical (unpaired) electrons. The first kappa shape index (κ1) is 16.2. The molecule has 0 aliphatic heterocycles. The predicted molar refractivity (Wildman–Crippen MR) is 63.2 cm³/mol. The summed E-state index contributed by atoms with van der Waals surface area (Å²) >= 11 is 9.21. The second-order valence-electron chi connectivity index (χ2n) is 3.07. The van der Waals surface area contributed by atoms with Gasteiger partial charge in [-0.3, -0.25) is 0 Å². The highest BCUT2D eigenvalue weighted by molar-refractivity contribution is 9.11. The van der Waals surface area contributed by atoms with Crippen molar-refractivity contribution < 1.29 is 26.0 Å². The maximum atomic E-state index is 12.6. The summed E-state index contributed by atoms with van der Waals surface area (Å²) in [6.07, 6.45) is -3.95. The first-order valence-electron chi connectivity index (χ1n) is 4.17. The molecule has 104 valence electrons. The van der Waals surface area contributed by atoms with Gasteiger partial charge in [0.1, 0.15) is 4.21 Å². The molecule has 1 aromatic heterocycles. The Balaban J connectivity index is 2.84. The zero-order valence-electron chi connectivity index (χ0n) is 8.26. The summed E-state index contributed by atoms with van der Waals surface area (Å²) in [5, 5.41) is 0.0843. The van der Waals surface area contributed by atoms with E-state index in [9.17, 15) is 26.0 Å². The number of sulfonamides is 1. The molecular weight excluding hydrogens is 386 g/mol. The number of thiophene rings is 1. The molecule has 1 heterocycles. The Morgan fingerprint density at radius 3 is 2.44 bits per heavy atom. The largest absolute Gasteiger partial charge is 0.320 e. The van der Waals surface area contributed by atoms with Crippen molar-refractivity contribution in [3.8, 4) is 0 Å². The van der Waals surface area contributed by atoms with Gasteiger partial charge in [0, 0.05) is 0 Å². The Bertz CT molecular complexity index is 514. The molecule has 0 aromatic carbocycles. The van der Waals surface area contributed by atoms with Crippen LogP contribution in [0.15, 0.2) is 14.1 Å². The van der Waals surface area contributed by atoms with E-state index in [1.807, 2.05) is 0 Å². The maximum Gasteiger partial charge on any atom is 0.320 e. The Morgan fingerprint density at radius 2 is 2.06 bits per heavy atom. The van der Waals surface area contributed by atoms with Gasteiger partial charge in [-0.15, -0.1) is 11.3 Å². The van der Waals surface area contributed by atoms with Crippen LogP contribution in [0.1, 0.15) is 0 Å². The van der Waals surface area contributed by atoms with Gasteiger partial charge < -0.3 is 0 Å². The third kappa shape index (κ3) is 3.80. The Morgan fingerprint density at radius 1 is 1.50 bits per heavy atom. The van der Waals surface area contributed by atoms with Gasteiger partial charge in [-0.25, -0.2) is 21.9 Å². The second-order valence-corrected chi connectivity index (χ2v) is 7.84. The Labute approximate surface area is 117 Å². The molecule has 0 fully saturated rings. The van der Waals surface area contributed by atoms with Crippen LogP contribution in [0.4, 0.5) is 17.6 Å². The standard InChI is InChI=1S/C7H5BrClF4NO2S2/c8-5-3(9)1-4(17-5)18(15,16)14-2-7(12,13)6(10)11/h1,6,14H,2H2. The smallest absolute Gasteiger partial charge is 0.206 e. The number of nitrogens with one attached hydrogen (secondary N) is 1. The first-order valence-corrected chi connectivity index (χ1v) is 7.64. The molecule has 0 spiro atoms. The molecule has 0 atom stereocenters. The summed E-state index contributed by atoms with van der Waals surface area (Å²) in [5.74, 6) is -4.43. The minimum atomic E-state index is -4.43. The van der Waals surface area contributed by atoms with Crippen LogP contribution in [0.25, 0.3) is 0 Å². The molecule has 0 bridgehead atoms. The molecule has 1 aromatic rings. The highest BCUT2D eigenvalue weighted by Crippen LogP contribution is 2.34. The van der Waals surface area contributed by atoms with E-state index in [1.165, 1.54) is 4.72 Å². The van der Waals surface area contributed by atoms with E-state index in [0.717, 1.165) is 6.07 Å². The van der Waals surface area contributed by atoms with Crippen LogP contribution in [0.2, 0.25) is 5.02 Å². The lowest BCUT2D eigenvalue weighted by atomic mass is 10.4. The predicted octanol–water partition coefficient (Wildman–Crippen LogP) is 3.34. The fourth-order valence-electron chi connectivity index (χ4n) is 0.799. The van der Waals surface area contributed by atoms with E-state index in [-0.39, 0.29) is 9.23 Å². The molecule has 11 heteroatoms. The van der Waals surface area contributed by atoms with Crippen molar-refractivity contribution in [2.24, 2.45) is 0 Å². The topological polar surface area (TPSA) is 46.2 Å². The summed E-state index contributed by atoms with van der Waals surface area (Å²) < 4.78 is 73.2. The van der Waals surface area contributed by atoms with E-state index in [1.54, 1.807) is 0 Å². The summed E-state index contributed by atoms with van der Waals surface area (Å²) in [4.78, 5) is 0. The monoisotopic (exact) mass is 389 g/mol. The number of rotatable bonds is 5. The van der Waals surface area contributed by atoms with Crippen LogP contribution in [0.3, 0.4) is 0 Å². The average Bonchev–Trinajstić information content (AvgIpc) is 2.57. The van der Waals surface area contributed by atoms with Crippen LogP contribution in [-0.4, -0.2) is 27.3 Å². The van der Waals surface area contributed by atoms with E-state index in [4.69, 9.17) is 11.6 Å². The van der Waals surface area contributed by atoms with Crippen molar-refractivity contribution in [1.29, 1.82) is 0 Å². The molecule has 0 amide bonds. The molecule has 3 nitrogen and oxygen atoms in total. The van der Waals surface area contributed by atoms with Gasteiger partial charge in [-0.2, -0.15) is 8.78 Å². The summed E-state index contributed by atoms with van der Waals surface area (Å²) in [7, 11) is -4.29. The second kappa shape index (κ2) is 5.61. The number of halogens is 6. The van der Waals surface area contributed by atoms with Gasteiger partial charge in [0.05, 0.1) is 15.4 Å². The van der Waals surface area contributed by atoms with Crippen molar-refractivity contribution in [1.82, 2.24) is 4.72 Å². The molecule has 0 saturated carbocycles. The lowest BCUT2D eigenvalue weighted by Gasteiger charge is -2.15. The van der Waals surface area contributed by atoms with E-state index < -0.39 is 28.9 Å². The van der Waals surface area contributed by atoms with Crippen molar-refractivity contribution >= 4 is 48.9 Å². The van der Waals surface area contributed by atoms with Crippen LogP contribution in [0.5, 0.6) is 0 Å². The zero-order valence-corrected chi connectivity index (χ0v) is 12.2. The van der Waals surface area contributed by atoms with E-state index in [0.29, 0.717) is 15.1 Å². The van der Waals surface area contributed by atoms with Crippen molar-refractivity contribution in [3.63, 3.8) is 0 Å². The van der Waals surface area contributed by atoms with Crippen molar-refractivity contribution in [3.05, 3.63) is 14.9 Å². The maximum absolute atomic E-state index is 12.6. The highest BCUT2D eigenvalue weighted by atomic mass is 79.9.